The lowest BCUT2D eigenvalue weighted by atomic mass is 10.0. The van der Waals surface area contributed by atoms with Crippen molar-refractivity contribution < 1.29 is 32.6 Å². The number of methoxy groups -OCH3 is 2. The molecule has 0 bridgehead atoms. The van der Waals surface area contributed by atoms with Gasteiger partial charge >= 0.3 is 5.97 Å². The molecule has 2 atom stereocenters. The van der Waals surface area contributed by atoms with Gasteiger partial charge < -0.3 is 30.6 Å². The van der Waals surface area contributed by atoms with Crippen LogP contribution in [-0.2, 0) is 28.9 Å². The number of carbonyl (C=O) groups is 2. The van der Waals surface area contributed by atoms with Crippen LogP contribution in [0.4, 0.5) is 8.78 Å². The maximum absolute atomic E-state index is 13.7. The molecule has 0 aromatic heterocycles. The second-order valence-corrected chi connectivity index (χ2v) is 9.20. The number of nitrogens with two attached hydrogens (primary N) is 1. The molecule has 214 valence electrons. The van der Waals surface area contributed by atoms with Crippen LogP contribution in [0.25, 0.3) is 0 Å². The molecule has 40 heavy (non-hydrogen) atoms. The first-order valence-electron chi connectivity index (χ1n) is 12.9. The Hall–Kier alpha value is -4.02. The van der Waals surface area contributed by atoms with Crippen molar-refractivity contribution in [3.8, 4) is 11.5 Å². The Morgan fingerprint density at radius 1 is 0.900 bits per heavy atom. The number of hydrogen-bond acceptors (Lipinski definition) is 7. The Morgan fingerprint density at radius 3 is 2.15 bits per heavy atom. The number of benzene rings is 3. The number of amides is 1. The molecule has 0 saturated heterocycles. The first-order chi connectivity index (χ1) is 19.2. The molecule has 0 aliphatic rings. The molecular weight excluding hydrogens is 520 g/mol. The normalized spacial score (nSPS) is 12.3. The van der Waals surface area contributed by atoms with Crippen molar-refractivity contribution in [2.75, 3.05) is 27.3 Å². The maximum atomic E-state index is 13.7. The number of carbonyl (C=O) groups excluding carboxylic acids is 2. The summed E-state index contributed by atoms with van der Waals surface area (Å²) in [5.41, 5.74) is 9.07. The van der Waals surface area contributed by atoms with Gasteiger partial charge in [0, 0.05) is 25.2 Å². The molecule has 1 amide bonds. The smallest absolute Gasteiger partial charge is 0.325 e. The highest BCUT2D eigenvalue weighted by Gasteiger charge is 2.24. The van der Waals surface area contributed by atoms with Crippen molar-refractivity contribution in [3.63, 3.8) is 0 Å². The lowest BCUT2D eigenvalue weighted by molar-refractivity contribution is -0.148. The summed E-state index contributed by atoms with van der Waals surface area (Å²) < 4.78 is 43.6. The van der Waals surface area contributed by atoms with Gasteiger partial charge in [0.15, 0.2) is 0 Å². The second kappa shape index (κ2) is 14.9. The molecule has 10 heteroatoms. The summed E-state index contributed by atoms with van der Waals surface area (Å²) in [6, 6.07) is 15.3. The van der Waals surface area contributed by atoms with Crippen molar-refractivity contribution in [1.29, 1.82) is 0 Å². The number of rotatable bonds is 14. The summed E-state index contributed by atoms with van der Waals surface area (Å²) in [7, 11) is 2.84. The number of ether oxygens (including phenoxy) is 3. The zero-order valence-electron chi connectivity index (χ0n) is 22.8. The average molecular weight is 556 g/mol. The predicted octanol–water partition coefficient (Wildman–Crippen LogP) is 3.55. The zero-order valence-corrected chi connectivity index (χ0v) is 22.8. The van der Waals surface area contributed by atoms with Crippen LogP contribution >= 0.6 is 0 Å². The van der Waals surface area contributed by atoms with Gasteiger partial charge in [0.1, 0.15) is 41.3 Å². The first kappa shape index (κ1) is 30.5. The van der Waals surface area contributed by atoms with E-state index in [2.05, 4.69) is 23.6 Å². The Bertz CT molecular complexity index is 1260. The fourth-order valence-corrected chi connectivity index (χ4v) is 4.26. The Morgan fingerprint density at radius 2 is 1.52 bits per heavy atom. The highest BCUT2D eigenvalue weighted by molar-refractivity contribution is 6.00. The topological polar surface area (TPSA) is 112 Å². The van der Waals surface area contributed by atoms with Crippen LogP contribution in [0, 0.1) is 11.6 Å². The van der Waals surface area contributed by atoms with Gasteiger partial charge in [0.2, 0.25) is 0 Å². The molecule has 0 aliphatic carbocycles. The van der Waals surface area contributed by atoms with Crippen molar-refractivity contribution in [3.05, 3.63) is 94.6 Å². The predicted molar refractivity (Wildman–Crippen MR) is 147 cm³/mol. The van der Waals surface area contributed by atoms with Crippen LogP contribution < -0.4 is 25.8 Å². The highest BCUT2D eigenvalue weighted by Crippen LogP contribution is 2.27. The molecule has 8 nitrogen and oxygen atoms in total. The monoisotopic (exact) mass is 555 g/mol. The SMILES string of the molecule is CCc1cccc(CNC[C@@H](OC(=O)CNC(=O)c2c(OC)cccc2OC)[C@@H](N)Cc2cc(F)cc(F)c2)c1. The first-order valence-corrected chi connectivity index (χ1v) is 12.9. The second-order valence-electron chi connectivity index (χ2n) is 9.20. The largest absolute Gasteiger partial charge is 0.496 e. The van der Waals surface area contributed by atoms with Crippen LogP contribution in [-0.4, -0.2) is 51.3 Å². The highest BCUT2D eigenvalue weighted by atomic mass is 19.1. The van der Waals surface area contributed by atoms with E-state index in [1.807, 2.05) is 18.2 Å². The fourth-order valence-electron chi connectivity index (χ4n) is 4.26. The third-order valence-corrected chi connectivity index (χ3v) is 6.28. The lowest BCUT2D eigenvalue weighted by Gasteiger charge is -2.25. The third kappa shape index (κ3) is 8.75. The summed E-state index contributed by atoms with van der Waals surface area (Å²) in [6.45, 7) is 2.29. The third-order valence-electron chi connectivity index (χ3n) is 6.28. The molecule has 0 heterocycles. The van der Waals surface area contributed by atoms with Crippen LogP contribution in [0.5, 0.6) is 11.5 Å². The van der Waals surface area contributed by atoms with Crippen LogP contribution in [0.15, 0.2) is 60.7 Å². The summed E-state index contributed by atoms with van der Waals surface area (Å²) in [4.78, 5) is 25.6. The van der Waals surface area contributed by atoms with Crippen LogP contribution in [0.1, 0.15) is 34.0 Å². The van der Waals surface area contributed by atoms with Gasteiger partial charge in [-0.25, -0.2) is 8.78 Å². The number of nitrogens with one attached hydrogen (secondary N) is 2. The fraction of sp³-hybridized carbons (Fsp3) is 0.333. The van der Waals surface area contributed by atoms with Gasteiger partial charge in [-0.3, -0.25) is 9.59 Å². The van der Waals surface area contributed by atoms with Crippen molar-refractivity contribution in [2.45, 2.75) is 38.5 Å². The quantitative estimate of drug-likeness (QED) is 0.261. The van der Waals surface area contributed by atoms with E-state index in [0.717, 1.165) is 18.1 Å². The van der Waals surface area contributed by atoms with E-state index >= 15 is 0 Å². The van der Waals surface area contributed by atoms with Crippen LogP contribution in [0.2, 0.25) is 0 Å². The molecule has 0 spiro atoms. The molecular formula is C30H35F2N3O5. The van der Waals surface area contributed by atoms with Crippen molar-refractivity contribution >= 4 is 11.9 Å². The summed E-state index contributed by atoms with van der Waals surface area (Å²) in [6.07, 6.45) is 0.103. The number of hydrogen-bond donors (Lipinski definition) is 3. The average Bonchev–Trinajstić information content (AvgIpc) is 2.94. The minimum Gasteiger partial charge on any atom is -0.496 e. The van der Waals surface area contributed by atoms with E-state index in [1.54, 1.807) is 18.2 Å². The number of esters is 1. The number of halogens is 2. The summed E-state index contributed by atoms with van der Waals surface area (Å²) >= 11 is 0. The van der Waals surface area contributed by atoms with E-state index in [9.17, 15) is 18.4 Å². The van der Waals surface area contributed by atoms with E-state index in [-0.39, 0.29) is 30.0 Å². The maximum Gasteiger partial charge on any atom is 0.325 e. The molecule has 3 aromatic carbocycles. The van der Waals surface area contributed by atoms with E-state index in [1.165, 1.54) is 31.9 Å². The molecule has 4 N–H and O–H groups in total. The van der Waals surface area contributed by atoms with Crippen LogP contribution in [0.3, 0.4) is 0 Å². The molecule has 3 aromatic rings. The summed E-state index contributed by atoms with van der Waals surface area (Å²) in [5.74, 6) is -2.20. The van der Waals surface area contributed by atoms with E-state index < -0.39 is 42.2 Å². The van der Waals surface area contributed by atoms with Gasteiger partial charge in [0.05, 0.1) is 14.2 Å². The molecule has 0 aliphatic heterocycles. The summed E-state index contributed by atoms with van der Waals surface area (Å²) in [5, 5.41) is 5.76. The molecule has 0 fully saturated rings. The molecule has 0 radical (unpaired) electrons. The Kier molecular flexibility index (Phi) is 11.4. The lowest BCUT2D eigenvalue weighted by Crippen LogP contribution is -2.47. The molecule has 0 saturated carbocycles. The Balaban J connectivity index is 1.67. The zero-order chi connectivity index (χ0) is 29.1. The number of aryl methyl sites for hydroxylation is 1. The van der Waals surface area contributed by atoms with Gasteiger partial charge in [0.25, 0.3) is 5.91 Å². The molecule has 3 rings (SSSR count). The Labute approximate surface area is 232 Å². The van der Waals surface area contributed by atoms with Gasteiger partial charge in [-0.05, 0) is 53.8 Å². The van der Waals surface area contributed by atoms with Gasteiger partial charge in [-0.15, -0.1) is 0 Å². The van der Waals surface area contributed by atoms with Crippen molar-refractivity contribution in [2.24, 2.45) is 5.73 Å². The van der Waals surface area contributed by atoms with Gasteiger partial charge in [-0.2, -0.15) is 0 Å². The van der Waals surface area contributed by atoms with Gasteiger partial charge in [-0.1, -0.05) is 37.3 Å². The van der Waals surface area contributed by atoms with E-state index in [4.69, 9.17) is 19.9 Å². The van der Waals surface area contributed by atoms with Crippen molar-refractivity contribution in [1.82, 2.24) is 10.6 Å². The minimum absolute atomic E-state index is 0.0599. The van der Waals surface area contributed by atoms with E-state index in [0.29, 0.717) is 12.1 Å². The molecule has 0 unspecified atom stereocenters. The standard InChI is InChI=1S/C30H35F2N3O5/c1-4-19-7-5-8-20(11-19)16-34-17-27(24(33)14-21-12-22(31)15-23(32)13-21)40-28(36)18-35-30(37)29-25(38-2)9-6-10-26(29)39-3/h5-13,15,24,27,34H,4,14,16-18,33H2,1-3H3,(H,35,37)/t24-,27+/m0/s1. The minimum atomic E-state index is -0.856.